The van der Waals surface area contributed by atoms with E-state index in [9.17, 15) is 4.79 Å². The molecule has 1 rings (SSSR count). The molecule has 0 aromatic heterocycles. The van der Waals surface area contributed by atoms with E-state index in [2.05, 4.69) is 31.2 Å². The van der Waals surface area contributed by atoms with Crippen LogP contribution in [0.3, 0.4) is 0 Å². The molecule has 19 heavy (non-hydrogen) atoms. The van der Waals surface area contributed by atoms with Crippen LogP contribution in [0.15, 0.2) is 24.3 Å². The van der Waals surface area contributed by atoms with Gasteiger partial charge in [0.2, 0.25) is 0 Å². The first-order valence-corrected chi connectivity index (χ1v) is 7.90. The lowest BCUT2D eigenvalue weighted by atomic mass is 10.1. The summed E-state index contributed by atoms with van der Waals surface area (Å²) in [6.07, 6.45) is 1.73. The maximum absolute atomic E-state index is 11.3. The number of ether oxygens (including phenoxy) is 1. The Labute approximate surface area is 119 Å². The average Bonchev–Trinajstić information content (AvgIpc) is 2.44. The molecule has 0 radical (unpaired) electrons. The molecule has 1 aromatic rings. The smallest absolute Gasteiger partial charge is 0.322 e. The van der Waals surface area contributed by atoms with Gasteiger partial charge >= 0.3 is 5.97 Å². The summed E-state index contributed by atoms with van der Waals surface area (Å²) in [7, 11) is 0. The van der Waals surface area contributed by atoms with Crippen LogP contribution in [-0.2, 0) is 21.7 Å². The molecule has 1 aromatic carbocycles. The van der Waals surface area contributed by atoms with Crippen LogP contribution >= 0.6 is 11.8 Å². The number of benzene rings is 1. The van der Waals surface area contributed by atoms with Crippen LogP contribution in [0.25, 0.3) is 0 Å². The fourth-order valence-corrected chi connectivity index (χ4v) is 2.63. The molecule has 2 N–H and O–H groups in total. The zero-order valence-corrected chi connectivity index (χ0v) is 12.5. The van der Waals surface area contributed by atoms with Crippen LogP contribution in [0.2, 0.25) is 0 Å². The van der Waals surface area contributed by atoms with Gasteiger partial charge in [-0.05, 0) is 36.6 Å². The van der Waals surface area contributed by atoms with Crippen LogP contribution in [0.4, 0.5) is 0 Å². The molecule has 0 saturated heterocycles. The van der Waals surface area contributed by atoms with Crippen molar-refractivity contribution >= 4 is 17.7 Å². The van der Waals surface area contributed by atoms with Crippen molar-refractivity contribution in [2.45, 2.75) is 38.5 Å². The lowest BCUT2D eigenvalue weighted by molar-refractivity contribution is -0.144. The Balaban J connectivity index is 2.21. The van der Waals surface area contributed by atoms with E-state index in [0.717, 1.165) is 17.9 Å². The number of aryl methyl sites for hydroxylation is 1. The van der Waals surface area contributed by atoms with Gasteiger partial charge in [0.25, 0.3) is 0 Å². The molecule has 0 aliphatic heterocycles. The van der Waals surface area contributed by atoms with E-state index >= 15 is 0 Å². The number of rotatable bonds is 8. The average molecular weight is 281 g/mol. The Morgan fingerprint density at radius 1 is 1.26 bits per heavy atom. The molecule has 0 saturated carbocycles. The molecule has 3 nitrogen and oxygen atoms in total. The molecule has 0 spiro atoms. The second-order valence-electron chi connectivity index (χ2n) is 4.37. The van der Waals surface area contributed by atoms with Crippen molar-refractivity contribution in [2.24, 2.45) is 5.73 Å². The van der Waals surface area contributed by atoms with E-state index < -0.39 is 6.04 Å². The summed E-state index contributed by atoms with van der Waals surface area (Å²) in [5, 5.41) is 0. The van der Waals surface area contributed by atoms with E-state index in [-0.39, 0.29) is 5.97 Å². The molecule has 0 amide bonds. The number of carbonyl (C=O) groups is 1. The third kappa shape index (κ3) is 6.12. The number of esters is 1. The maximum atomic E-state index is 11.3. The topological polar surface area (TPSA) is 52.3 Å². The Morgan fingerprint density at radius 3 is 2.47 bits per heavy atom. The second-order valence-corrected chi connectivity index (χ2v) is 5.48. The van der Waals surface area contributed by atoms with Gasteiger partial charge in [0.05, 0.1) is 6.61 Å². The second kappa shape index (κ2) is 8.99. The molecule has 0 fully saturated rings. The van der Waals surface area contributed by atoms with Crippen molar-refractivity contribution in [1.29, 1.82) is 0 Å². The molecular weight excluding hydrogens is 258 g/mol. The van der Waals surface area contributed by atoms with Crippen LogP contribution in [0, 0.1) is 0 Å². The quantitative estimate of drug-likeness (QED) is 0.588. The Bertz CT molecular complexity index is 378. The highest BCUT2D eigenvalue weighted by Crippen LogP contribution is 2.15. The first-order valence-electron chi connectivity index (χ1n) is 6.75. The van der Waals surface area contributed by atoms with Crippen molar-refractivity contribution in [1.82, 2.24) is 0 Å². The zero-order valence-electron chi connectivity index (χ0n) is 11.7. The van der Waals surface area contributed by atoms with Gasteiger partial charge in [-0.2, -0.15) is 11.8 Å². The molecule has 4 heteroatoms. The molecule has 0 aliphatic carbocycles. The minimum absolute atomic E-state index is 0.296. The number of hydrogen-bond donors (Lipinski definition) is 1. The Kier molecular flexibility index (Phi) is 7.60. The third-order valence-electron chi connectivity index (χ3n) is 2.86. The molecule has 0 heterocycles. The van der Waals surface area contributed by atoms with Crippen LogP contribution in [0.1, 0.15) is 31.4 Å². The third-order valence-corrected chi connectivity index (χ3v) is 3.92. The fraction of sp³-hybridized carbons (Fsp3) is 0.533. The van der Waals surface area contributed by atoms with Gasteiger partial charge in [-0.3, -0.25) is 4.79 Å². The molecular formula is C15H23NO2S. The van der Waals surface area contributed by atoms with Gasteiger partial charge in [0.1, 0.15) is 6.04 Å². The lowest BCUT2D eigenvalue weighted by Gasteiger charge is -2.10. The van der Waals surface area contributed by atoms with Crippen LogP contribution in [-0.4, -0.2) is 24.4 Å². The van der Waals surface area contributed by atoms with Crippen LogP contribution in [0.5, 0.6) is 0 Å². The number of thioether (sulfide) groups is 1. The van der Waals surface area contributed by atoms with Crippen molar-refractivity contribution in [3.63, 3.8) is 0 Å². The summed E-state index contributed by atoms with van der Waals surface area (Å²) in [5.74, 6) is 1.53. The summed E-state index contributed by atoms with van der Waals surface area (Å²) < 4.78 is 4.87. The van der Waals surface area contributed by atoms with Crippen molar-refractivity contribution < 1.29 is 9.53 Å². The van der Waals surface area contributed by atoms with Gasteiger partial charge < -0.3 is 10.5 Å². The van der Waals surface area contributed by atoms with Crippen molar-refractivity contribution in [2.75, 3.05) is 12.4 Å². The van der Waals surface area contributed by atoms with Crippen molar-refractivity contribution in [3.8, 4) is 0 Å². The first-order chi connectivity index (χ1) is 9.17. The fourth-order valence-electron chi connectivity index (χ4n) is 1.64. The Morgan fingerprint density at radius 2 is 1.89 bits per heavy atom. The van der Waals surface area contributed by atoms with Crippen molar-refractivity contribution in [3.05, 3.63) is 35.4 Å². The summed E-state index contributed by atoms with van der Waals surface area (Å²) in [4.78, 5) is 11.3. The summed E-state index contributed by atoms with van der Waals surface area (Å²) in [5.41, 5.74) is 8.40. The van der Waals surface area contributed by atoms with E-state index in [0.29, 0.717) is 13.0 Å². The SMILES string of the molecule is CCOC(=O)C(N)CCSCc1ccc(CC)cc1. The molecule has 0 aliphatic rings. The molecule has 106 valence electrons. The normalized spacial score (nSPS) is 12.2. The highest BCUT2D eigenvalue weighted by molar-refractivity contribution is 7.98. The summed E-state index contributed by atoms with van der Waals surface area (Å²) >= 11 is 1.80. The van der Waals surface area contributed by atoms with Gasteiger partial charge in [-0.25, -0.2) is 0 Å². The van der Waals surface area contributed by atoms with Gasteiger partial charge in [-0.1, -0.05) is 31.2 Å². The lowest BCUT2D eigenvalue weighted by Crippen LogP contribution is -2.32. The predicted molar refractivity (Wildman–Crippen MR) is 81.2 cm³/mol. The number of carbonyl (C=O) groups excluding carboxylic acids is 1. The molecule has 0 bridgehead atoms. The Hall–Kier alpha value is -1.00. The van der Waals surface area contributed by atoms with E-state index in [1.165, 1.54) is 11.1 Å². The maximum Gasteiger partial charge on any atom is 0.322 e. The predicted octanol–water partition coefficient (Wildman–Crippen LogP) is 2.76. The largest absolute Gasteiger partial charge is 0.465 e. The molecule has 1 unspecified atom stereocenters. The zero-order chi connectivity index (χ0) is 14.1. The first kappa shape index (κ1) is 16.1. The van der Waals surface area contributed by atoms with Crippen LogP contribution < -0.4 is 5.73 Å². The molecule has 1 atom stereocenters. The minimum atomic E-state index is -0.491. The minimum Gasteiger partial charge on any atom is -0.465 e. The standard InChI is InChI=1S/C15H23NO2S/c1-3-12-5-7-13(8-6-12)11-19-10-9-14(16)15(17)18-4-2/h5-8,14H,3-4,9-11,16H2,1-2H3. The summed E-state index contributed by atoms with van der Waals surface area (Å²) in [6.45, 7) is 4.34. The highest BCUT2D eigenvalue weighted by atomic mass is 32.2. The van der Waals surface area contributed by atoms with E-state index in [1.807, 2.05) is 0 Å². The van der Waals surface area contributed by atoms with E-state index in [1.54, 1.807) is 18.7 Å². The number of hydrogen-bond acceptors (Lipinski definition) is 4. The number of nitrogens with two attached hydrogens (primary N) is 1. The van der Waals surface area contributed by atoms with E-state index in [4.69, 9.17) is 10.5 Å². The summed E-state index contributed by atoms with van der Waals surface area (Å²) in [6, 6.07) is 8.17. The monoisotopic (exact) mass is 281 g/mol. The van der Waals surface area contributed by atoms with Gasteiger partial charge in [-0.15, -0.1) is 0 Å². The van der Waals surface area contributed by atoms with Gasteiger partial charge in [0, 0.05) is 5.75 Å². The highest BCUT2D eigenvalue weighted by Gasteiger charge is 2.13. The van der Waals surface area contributed by atoms with Gasteiger partial charge in [0.15, 0.2) is 0 Å².